The summed E-state index contributed by atoms with van der Waals surface area (Å²) in [6.45, 7) is 0. The average molecular weight is 748 g/mol. The molecule has 3 heterocycles. The van der Waals surface area contributed by atoms with Crippen molar-refractivity contribution < 1.29 is 30.2 Å². The lowest BCUT2D eigenvalue weighted by Crippen LogP contribution is -1.97. The highest BCUT2D eigenvalue weighted by Crippen LogP contribution is 2.41. The smallest absolute Gasteiger partial charge is 0.0652 e. The fourth-order valence-electron chi connectivity index (χ4n) is 7.80. The Kier molecular flexibility index (Phi) is 3.72. The van der Waals surface area contributed by atoms with Gasteiger partial charge in [0.1, 0.15) is 0 Å². The van der Waals surface area contributed by atoms with Crippen molar-refractivity contribution in [2.45, 2.75) is 0 Å². The summed E-state index contributed by atoms with van der Waals surface area (Å²) in [4.78, 5) is 0. The third kappa shape index (κ3) is 4.79. The quantitative estimate of drug-likeness (QED) is 0.167. The van der Waals surface area contributed by atoms with Gasteiger partial charge in [-0.2, -0.15) is 0 Å². The van der Waals surface area contributed by atoms with Crippen LogP contribution in [0.5, 0.6) is 0 Å². The minimum absolute atomic E-state index is 0.185. The second kappa shape index (κ2) is 12.5. The lowest BCUT2D eigenvalue weighted by Gasteiger charge is -2.13. The molecule has 57 heavy (non-hydrogen) atoms. The van der Waals surface area contributed by atoms with Crippen LogP contribution in [0, 0.1) is 0 Å². The summed E-state index contributed by atoms with van der Waals surface area (Å²) in [7, 11) is 0. The first kappa shape index (κ1) is 17.0. The van der Waals surface area contributed by atoms with Gasteiger partial charge in [0, 0.05) is 43.7 Å². The van der Waals surface area contributed by atoms with Crippen LogP contribution in [0.3, 0.4) is 0 Å². The van der Waals surface area contributed by atoms with E-state index in [1.54, 1.807) is 18.2 Å². The Morgan fingerprint density at radius 3 is 1.51 bits per heavy atom. The zero-order valence-electron chi connectivity index (χ0n) is 51.3. The maximum absolute atomic E-state index is 10.2. The minimum Gasteiger partial charge on any atom is -0.309 e. The molecule has 0 radical (unpaired) electrons. The molecular formula is C54H35N3. The van der Waals surface area contributed by atoms with Gasteiger partial charge in [-0.3, -0.25) is 0 Å². The summed E-state index contributed by atoms with van der Waals surface area (Å²) in [6, 6.07) is 6.98. The Morgan fingerprint density at radius 1 is 0.316 bits per heavy atom. The molecule has 0 aliphatic carbocycles. The lowest BCUT2D eigenvalue weighted by atomic mass is 9.99. The maximum atomic E-state index is 10.2. The van der Waals surface area contributed by atoms with Crippen LogP contribution in [0.4, 0.5) is 0 Å². The van der Waals surface area contributed by atoms with Crippen molar-refractivity contribution in [1.82, 2.24) is 13.7 Å². The van der Waals surface area contributed by atoms with Crippen LogP contribution in [0.2, 0.25) is 0 Å². The summed E-state index contributed by atoms with van der Waals surface area (Å²) in [5.74, 6) is 0. The Bertz CT molecular complexity index is 4730. The largest absolute Gasteiger partial charge is 0.309 e. The number of aromatic nitrogens is 3. The molecule has 0 unspecified atom stereocenters. The van der Waals surface area contributed by atoms with E-state index < -0.39 is 188 Å². The van der Waals surface area contributed by atoms with Gasteiger partial charge in [-0.05, 0) is 94.8 Å². The molecule has 0 saturated carbocycles. The molecule has 0 bridgehead atoms. The van der Waals surface area contributed by atoms with E-state index in [1.165, 1.54) is 4.57 Å². The third-order valence-corrected chi connectivity index (χ3v) is 10.2. The number of fused-ring (bicyclic) bond motifs is 9. The van der Waals surface area contributed by atoms with E-state index in [0.29, 0.717) is 5.56 Å². The molecule has 0 fully saturated rings. The lowest BCUT2D eigenvalue weighted by molar-refractivity contribution is 1.16. The fraction of sp³-hybridized carbons (Fsp3) is 0. The molecule has 0 N–H and O–H groups in total. The Morgan fingerprint density at radius 2 is 0.807 bits per heavy atom. The molecule has 266 valence electrons. The predicted molar refractivity (Wildman–Crippen MR) is 240 cm³/mol. The number of para-hydroxylation sites is 4. The number of hydrogen-bond acceptors (Lipinski definition) is 0. The molecule has 0 aliphatic rings. The first-order valence-corrected chi connectivity index (χ1v) is 17.8. The van der Waals surface area contributed by atoms with Crippen molar-refractivity contribution in [1.29, 1.82) is 0 Å². The monoisotopic (exact) mass is 747 g/mol. The SMILES string of the molecule is [2H]c1c([2H])c([2H])c2c(c1[2H])c1c([2H])c(-n3c4c([2H])c([2H])c([2H])c([2H])c4c4c(-n5c6c([2H])c([2H])c([2H])c([2H])c6c6c([2H])c([2H])c([2H])c([2H])c65)c([2H])c([2H])c([2H])c43)c([2H])c([2H])c1n2-c1cccc(-c2cccc(-c3ccccc3)c2)c1. The van der Waals surface area contributed by atoms with Crippen LogP contribution >= 0.6 is 0 Å². The first-order valence-electron chi connectivity index (χ1n) is 28.8. The Hall–Kier alpha value is -7.62. The minimum atomic E-state index is -0.941. The molecule has 0 aliphatic heterocycles. The van der Waals surface area contributed by atoms with E-state index in [9.17, 15) is 16.4 Å². The van der Waals surface area contributed by atoms with Crippen molar-refractivity contribution in [2.75, 3.05) is 0 Å². The second-order valence-electron chi connectivity index (χ2n) is 13.3. The van der Waals surface area contributed by atoms with Gasteiger partial charge in [0.2, 0.25) is 0 Å². The molecule has 0 saturated heterocycles. The van der Waals surface area contributed by atoms with Crippen molar-refractivity contribution in [3.05, 3.63) is 212 Å². The summed E-state index contributed by atoms with van der Waals surface area (Å²) >= 11 is 0. The second-order valence-corrected chi connectivity index (χ2v) is 13.3. The summed E-state index contributed by atoms with van der Waals surface area (Å²) in [5.41, 5.74) is -0.384. The van der Waals surface area contributed by atoms with Gasteiger partial charge in [0.25, 0.3) is 0 Å². The number of hydrogen-bond donors (Lipinski definition) is 0. The number of benzene rings is 9. The third-order valence-electron chi connectivity index (χ3n) is 10.2. The zero-order chi connectivity index (χ0) is 56.6. The molecule has 3 aromatic heterocycles. The summed E-state index contributed by atoms with van der Waals surface area (Å²) < 4.78 is 206. The fourth-order valence-corrected chi connectivity index (χ4v) is 7.80. The maximum Gasteiger partial charge on any atom is 0.0652 e. The van der Waals surface area contributed by atoms with Gasteiger partial charge in [-0.1, -0.05) is 139 Å². The first-order chi connectivity index (χ1) is 37.5. The van der Waals surface area contributed by atoms with Crippen molar-refractivity contribution in [3.63, 3.8) is 0 Å². The van der Waals surface area contributed by atoms with E-state index in [0.717, 1.165) is 25.8 Å². The highest BCUT2D eigenvalue weighted by molar-refractivity contribution is 6.17. The van der Waals surface area contributed by atoms with Crippen molar-refractivity contribution >= 4 is 65.4 Å². The predicted octanol–water partition coefficient (Wildman–Crippen LogP) is 14.3. The van der Waals surface area contributed by atoms with Crippen LogP contribution in [-0.4, -0.2) is 13.7 Å². The van der Waals surface area contributed by atoms with Gasteiger partial charge < -0.3 is 13.7 Å². The highest BCUT2D eigenvalue weighted by Gasteiger charge is 2.20. The molecule has 0 atom stereocenters. The molecule has 12 aromatic rings. The van der Waals surface area contributed by atoms with E-state index in [-0.39, 0.29) is 27.5 Å². The molecule has 3 heteroatoms. The van der Waals surface area contributed by atoms with E-state index in [1.807, 2.05) is 60.7 Å². The average Bonchev–Trinajstić information content (AvgIpc) is 4.10. The molecule has 3 nitrogen and oxygen atoms in total. The number of rotatable bonds is 5. The van der Waals surface area contributed by atoms with Crippen molar-refractivity contribution in [2.24, 2.45) is 0 Å². The van der Waals surface area contributed by atoms with Crippen LogP contribution in [0.25, 0.3) is 105 Å². The van der Waals surface area contributed by atoms with Gasteiger partial charge >= 0.3 is 0 Å². The molecule has 0 amide bonds. The van der Waals surface area contributed by atoms with E-state index in [4.69, 9.17) is 13.7 Å². The summed E-state index contributed by atoms with van der Waals surface area (Å²) in [6.07, 6.45) is 0. The van der Waals surface area contributed by atoms with Gasteiger partial charge in [-0.15, -0.1) is 0 Å². The molecule has 0 spiro atoms. The Balaban J connectivity index is 1.27. The van der Waals surface area contributed by atoms with Crippen LogP contribution in [0.15, 0.2) is 212 Å². The van der Waals surface area contributed by atoms with Crippen LogP contribution in [-0.2, 0) is 0 Å². The van der Waals surface area contributed by atoms with Crippen LogP contribution < -0.4 is 0 Å². The molecular weight excluding hydrogens is 691 g/mol. The highest BCUT2D eigenvalue weighted by atomic mass is 15.0. The van der Waals surface area contributed by atoms with E-state index >= 15 is 0 Å². The number of nitrogens with zero attached hydrogens (tertiary/aromatic N) is 3. The van der Waals surface area contributed by atoms with Gasteiger partial charge in [0.05, 0.1) is 68.9 Å². The van der Waals surface area contributed by atoms with Gasteiger partial charge in [-0.25, -0.2) is 0 Å². The van der Waals surface area contributed by atoms with Gasteiger partial charge in [0.15, 0.2) is 0 Å². The summed E-state index contributed by atoms with van der Waals surface area (Å²) in [5, 5.41) is -2.45. The van der Waals surface area contributed by atoms with Crippen molar-refractivity contribution in [3.8, 4) is 39.3 Å². The Labute approximate surface area is 360 Å². The zero-order valence-corrected chi connectivity index (χ0v) is 29.3. The molecule has 12 rings (SSSR count). The topological polar surface area (TPSA) is 14.8 Å². The normalized spacial score (nSPS) is 17.3. The standard InChI is InChI=1S/C54H35N3/c1-2-15-36(16-3-1)37-17-12-18-38(33-37)39-19-13-20-40(34-39)55-47-25-8-6-23-44(47)46-35-41(31-32-51(46)55)56-50-28-11-7-24-45(50)54-52(56)29-14-30-53(54)57-48-26-9-4-21-42(48)43-22-5-10-27-49(43)57/h1-35H/i4D,5D,6D,7D,8D,9D,10D,11D,14D,21D,22D,23D,24D,25D,26D,27D,28D,29D,30D,31D,32D,35D. The molecule has 9 aromatic carbocycles. The van der Waals surface area contributed by atoms with E-state index in [2.05, 4.69) is 0 Å². The van der Waals surface area contributed by atoms with Crippen LogP contribution in [0.1, 0.15) is 30.2 Å².